The monoisotopic (exact) mass is 194 g/mol. The zero-order valence-corrected chi connectivity index (χ0v) is 10.6. The fraction of sp³-hybridized carbons (Fsp3) is 0.750. The van der Waals surface area contributed by atoms with Crippen LogP contribution in [0.3, 0.4) is 0 Å². The Morgan fingerprint density at radius 1 is 1.25 bits per heavy atom. The zero-order chi connectivity index (χ0) is 9.12. The van der Waals surface area contributed by atoms with Crippen molar-refractivity contribution >= 4 is 20.9 Å². The normalized spacial score (nSPS) is 11.1. The van der Waals surface area contributed by atoms with E-state index in [-0.39, 0.29) is 24.5 Å². The van der Waals surface area contributed by atoms with E-state index in [9.17, 15) is 0 Å². The molecule has 0 aliphatic heterocycles. The van der Waals surface area contributed by atoms with E-state index in [0.29, 0.717) is 0 Å². The number of rotatable bonds is 1. The first kappa shape index (κ1) is 15.0. The van der Waals surface area contributed by atoms with Crippen LogP contribution in [-0.2, 0) is 17.1 Å². The quantitative estimate of drug-likeness (QED) is 0.303. The molecule has 0 aromatic heterocycles. The van der Waals surface area contributed by atoms with Gasteiger partial charge in [-0.3, -0.25) is 5.25 Å². The van der Waals surface area contributed by atoms with Crippen molar-refractivity contribution in [2.45, 2.75) is 39.5 Å². The van der Waals surface area contributed by atoms with Crippen LogP contribution in [-0.4, -0.2) is 13.9 Å². The van der Waals surface area contributed by atoms with Crippen molar-refractivity contribution in [1.82, 2.24) is 0 Å². The molecule has 0 rings (SSSR count). The molecule has 0 aliphatic carbocycles. The minimum Gasteiger partial charge on any atom is -0.725 e. The van der Waals surface area contributed by atoms with Crippen molar-refractivity contribution in [3.8, 4) is 10.8 Å². The maximum atomic E-state index is 5.76. The average molecular weight is 194 g/mol. The van der Waals surface area contributed by atoms with Crippen molar-refractivity contribution in [2.75, 3.05) is 0 Å². The number of hydrogen-bond donors (Lipinski definition) is 0. The van der Waals surface area contributed by atoms with Gasteiger partial charge in [-0.05, 0) is 33.9 Å². The van der Waals surface area contributed by atoms with Gasteiger partial charge in [-0.15, -0.1) is 5.54 Å². The fourth-order valence-electron chi connectivity index (χ4n) is 0.914. The molecule has 0 unspecified atom stereocenters. The Bertz CT molecular complexity index is 187. The van der Waals surface area contributed by atoms with E-state index >= 15 is 0 Å². The summed E-state index contributed by atoms with van der Waals surface area (Å²) >= 11 is 4.58. The fourth-order valence-corrected chi connectivity index (χ4v) is 3.48. The molecular formula is C8H15LiOSSi. The van der Waals surface area contributed by atoms with Gasteiger partial charge in [0.25, 0.3) is 8.32 Å². The van der Waals surface area contributed by atoms with Crippen LogP contribution in [0.1, 0.15) is 20.8 Å². The predicted molar refractivity (Wildman–Crippen MR) is 53.5 cm³/mol. The van der Waals surface area contributed by atoms with Crippen LogP contribution in [0, 0.1) is 10.8 Å². The summed E-state index contributed by atoms with van der Waals surface area (Å²) in [6.45, 7) is 10.2. The molecule has 0 N–H and O–H groups in total. The Morgan fingerprint density at radius 3 is 1.92 bits per heavy atom. The Kier molecular flexibility index (Phi) is 6.67. The van der Waals surface area contributed by atoms with E-state index in [4.69, 9.17) is 4.43 Å². The first-order valence-electron chi connectivity index (χ1n) is 3.61. The summed E-state index contributed by atoms with van der Waals surface area (Å²) in [4.78, 5) is 0. The molecule has 0 spiro atoms. The maximum absolute atomic E-state index is 5.76. The smallest absolute Gasteiger partial charge is 0.725 e. The molecule has 64 valence electrons. The molecule has 0 radical (unpaired) electrons. The van der Waals surface area contributed by atoms with Crippen LogP contribution in [0.5, 0.6) is 0 Å². The van der Waals surface area contributed by atoms with Gasteiger partial charge in [0.05, 0.1) is 0 Å². The van der Waals surface area contributed by atoms with Gasteiger partial charge in [-0.2, -0.15) is 0 Å². The van der Waals surface area contributed by atoms with Gasteiger partial charge in [0.1, 0.15) is 0 Å². The molecular weight excluding hydrogens is 179 g/mol. The first-order chi connectivity index (χ1) is 4.77. The Labute approximate surface area is 94.4 Å². The molecule has 12 heavy (non-hydrogen) atoms. The molecule has 0 saturated heterocycles. The standard InChI is InChI=1S/C8H16OSSi.Li/c1-8(2,3)9-11(4,5)7-6-10;/h10H,1-5H3;/q;+1/p-1. The second-order valence-corrected chi connectivity index (χ2v) is 7.63. The van der Waals surface area contributed by atoms with Crippen molar-refractivity contribution < 1.29 is 23.3 Å². The van der Waals surface area contributed by atoms with Crippen molar-refractivity contribution in [3.05, 3.63) is 0 Å². The second kappa shape index (κ2) is 5.32. The summed E-state index contributed by atoms with van der Waals surface area (Å²) in [5.74, 6) is 0. The van der Waals surface area contributed by atoms with Gasteiger partial charge >= 0.3 is 18.9 Å². The van der Waals surface area contributed by atoms with Crippen LogP contribution < -0.4 is 18.9 Å². The SMILES string of the molecule is CC(C)(C)O[Si](C)(C)C#C[S-].[Li+]. The van der Waals surface area contributed by atoms with E-state index in [1.54, 1.807) is 0 Å². The summed E-state index contributed by atoms with van der Waals surface area (Å²) in [7, 11) is -1.80. The van der Waals surface area contributed by atoms with Crippen LogP contribution in [0.2, 0.25) is 13.1 Å². The van der Waals surface area contributed by atoms with E-state index in [1.807, 2.05) is 20.8 Å². The van der Waals surface area contributed by atoms with Gasteiger partial charge < -0.3 is 17.1 Å². The van der Waals surface area contributed by atoms with Crippen LogP contribution >= 0.6 is 0 Å². The van der Waals surface area contributed by atoms with Gasteiger partial charge in [0, 0.05) is 5.60 Å². The Morgan fingerprint density at radius 2 is 1.67 bits per heavy atom. The third-order valence-electron chi connectivity index (χ3n) is 0.913. The van der Waals surface area contributed by atoms with Gasteiger partial charge in [-0.25, -0.2) is 0 Å². The minimum absolute atomic E-state index is 0. The molecule has 0 fully saturated rings. The topological polar surface area (TPSA) is 9.23 Å². The van der Waals surface area contributed by atoms with E-state index in [0.717, 1.165) is 0 Å². The van der Waals surface area contributed by atoms with Crippen molar-refractivity contribution in [1.29, 1.82) is 0 Å². The first-order valence-corrected chi connectivity index (χ1v) is 6.93. The Balaban J connectivity index is 0. The summed E-state index contributed by atoms with van der Waals surface area (Å²) in [6, 6.07) is 0. The molecule has 0 atom stereocenters. The van der Waals surface area contributed by atoms with E-state index < -0.39 is 8.32 Å². The summed E-state index contributed by atoms with van der Waals surface area (Å²) in [6.07, 6.45) is 0. The summed E-state index contributed by atoms with van der Waals surface area (Å²) < 4.78 is 5.76. The Hall–Kier alpha value is 0.554. The summed E-state index contributed by atoms with van der Waals surface area (Å²) in [5, 5.41) is 2.50. The molecule has 0 aromatic carbocycles. The zero-order valence-electron chi connectivity index (χ0n) is 8.82. The third kappa shape index (κ3) is 8.65. The van der Waals surface area contributed by atoms with Crippen LogP contribution in [0.25, 0.3) is 0 Å². The van der Waals surface area contributed by atoms with Gasteiger partial charge in [0.15, 0.2) is 0 Å². The van der Waals surface area contributed by atoms with E-state index in [2.05, 4.69) is 36.5 Å². The predicted octanol–water partition coefficient (Wildman–Crippen LogP) is -0.942. The largest absolute Gasteiger partial charge is 1.00 e. The minimum atomic E-state index is -1.80. The molecule has 1 nitrogen and oxygen atoms in total. The molecule has 0 bridgehead atoms. The van der Waals surface area contributed by atoms with Crippen molar-refractivity contribution in [2.24, 2.45) is 0 Å². The second-order valence-electron chi connectivity index (χ2n) is 3.95. The molecule has 0 amide bonds. The molecule has 0 aliphatic rings. The maximum Gasteiger partial charge on any atom is 1.00 e. The molecule has 0 saturated carbocycles. The van der Waals surface area contributed by atoms with Crippen molar-refractivity contribution in [3.63, 3.8) is 0 Å². The van der Waals surface area contributed by atoms with Gasteiger partial charge in [-0.1, -0.05) is 0 Å². The van der Waals surface area contributed by atoms with Crippen LogP contribution in [0.4, 0.5) is 0 Å². The van der Waals surface area contributed by atoms with Gasteiger partial charge in [0.2, 0.25) is 0 Å². The number of hydrogen-bond acceptors (Lipinski definition) is 2. The van der Waals surface area contributed by atoms with Crippen LogP contribution in [0.15, 0.2) is 0 Å². The average Bonchev–Trinajstić information content (AvgIpc) is 1.55. The third-order valence-corrected chi connectivity index (χ3v) is 3.05. The molecule has 0 aromatic rings. The molecule has 4 heteroatoms. The molecule has 0 heterocycles. The summed E-state index contributed by atoms with van der Waals surface area (Å²) in [5.41, 5.74) is 2.86. The van der Waals surface area contributed by atoms with E-state index in [1.165, 1.54) is 0 Å².